The van der Waals surface area contributed by atoms with E-state index in [-0.39, 0.29) is 12.0 Å². The summed E-state index contributed by atoms with van der Waals surface area (Å²) >= 11 is 20.3. The van der Waals surface area contributed by atoms with Crippen molar-refractivity contribution >= 4 is 52.1 Å². The van der Waals surface area contributed by atoms with Gasteiger partial charge in [-0.1, -0.05) is 23.2 Å². The van der Waals surface area contributed by atoms with Crippen LogP contribution in [0.2, 0.25) is 10.0 Å². The third-order valence-electron chi connectivity index (χ3n) is 6.05. The number of aryl methyl sites for hydroxylation is 2. The summed E-state index contributed by atoms with van der Waals surface area (Å²) in [6.07, 6.45) is 6.18. The lowest BCUT2D eigenvalue weighted by molar-refractivity contribution is 0.00971. The third kappa shape index (κ3) is 7.61. The van der Waals surface area contributed by atoms with Crippen LogP contribution in [0.1, 0.15) is 52.2 Å². The molecule has 0 spiro atoms. The van der Waals surface area contributed by atoms with Crippen molar-refractivity contribution < 1.29 is 19.7 Å². The van der Waals surface area contributed by atoms with Crippen LogP contribution < -0.4 is 0 Å². The lowest BCUT2D eigenvalue weighted by atomic mass is 9.86. The summed E-state index contributed by atoms with van der Waals surface area (Å²) in [6.45, 7) is -0.635. The summed E-state index contributed by atoms with van der Waals surface area (Å²) in [4.78, 5) is 13.7. The highest BCUT2D eigenvalue weighted by Crippen LogP contribution is 2.41. The Morgan fingerprint density at radius 3 is 2.59 bits per heavy atom. The molecule has 0 bridgehead atoms. The van der Waals surface area contributed by atoms with Gasteiger partial charge in [-0.2, -0.15) is 0 Å². The van der Waals surface area contributed by atoms with Gasteiger partial charge in [0.15, 0.2) is 0 Å². The number of aliphatic hydroxyl groups excluding tert-OH is 2. The van der Waals surface area contributed by atoms with E-state index in [2.05, 4.69) is 0 Å². The highest BCUT2D eigenvalue weighted by molar-refractivity contribution is 7.13. The first-order chi connectivity index (χ1) is 15.4. The third-order valence-corrected chi connectivity index (χ3v) is 8.15. The molecule has 4 nitrogen and oxygen atoms in total. The molecule has 1 heterocycles. The Balaban J connectivity index is 1.46. The largest absolute Gasteiger partial charge is 0.459 e. The molecule has 1 aliphatic carbocycles. The van der Waals surface area contributed by atoms with Crippen molar-refractivity contribution in [2.75, 3.05) is 13.2 Å². The summed E-state index contributed by atoms with van der Waals surface area (Å²) in [5, 5.41) is 19.7. The number of thiophene rings is 1. The van der Waals surface area contributed by atoms with Gasteiger partial charge >= 0.3 is 5.97 Å². The molecule has 0 aliphatic heterocycles. The minimum Gasteiger partial charge on any atom is -0.459 e. The van der Waals surface area contributed by atoms with Crippen molar-refractivity contribution in [3.63, 3.8) is 0 Å². The van der Waals surface area contributed by atoms with Crippen LogP contribution in [0, 0.1) is 11.8 Å². The summed E-state index contributed by atoms with van der Waals surface area (Å²) < 4.78 is 5.01. The molecule has 0 amide bonds. The number of carbonyl (C=O) groups is 1. The maximum absolute atomic E-state index is 12.0. The van der Waals surface area contributed by atoms with Crippen LogP contribution in [0.15, 0.2) is 30.3 Å². The molecule has 0 saturated heterocycles. The average Bonchev–Trinajstić information content (AvgIpc) is 3.37. The summed E-state index contributed by atoms with van der Waals surface area (Å²) in [5.41, 5.74) is 1.17. The summed E-state index contributed by atoms with van der Waals surface area (Å²) in [5.74, 6) is 0.629. The van der Waals surface area contributed by atoms with Crippen LogP contribution in [0.4, 0.5) is 0 Å². The Morgan fingerprint density at radius 2 is 1.88 bits per heavy atom. The van der Waals surface area contributed by atoms with Gasteiger partial charge < -0.3 is 14.9 Å². The number of aliphatic hydroxyl groups is 2. The molecule has 1 saturated carbocycles. The lowest BCUT2D eigenvalue weighted by Gasteiger charge is -2.22. The molecule has 1 aliphatic rings. The molecule has 8 heteroatoms. The standard InChI is InChI=1S/C24H29Cl3O4S/c25-17-10-15(11-18(26)12-17)4-5-16-6-8-22(27)21(16)3-1-2-20-7-9-23(32-20)24(30)31-14-19(29)13-28/h7,9-12,16,19,21-22,28-29H,1-6,8,13-14H2/t16-,19-,21+,22+/m0/s1. The Morgan fingerprint density at radius 1 is 1.12 bits per heavy atom. The number of halogens is 3. The quantitative estimate of drug-likeness (QED) is 0.276. The van der Waals surface area contributed by atoms with Gasteiger partial charge in [-0.15, -0.1) is 22.9 Å². The van der Waals surface area contributed by atoms with Crippen molar-refractivity contribution in [1.29, 1.82) is 0 Å². The van der Waals surface area contributed by atoms with E-state index in [4.69, 9.17) is 44.6 Å². The van der Waals surface area contributed by atoms with Crippen LogP contribution >= 0.6 is 46.1 Å². The van der Waals surface area contributed by atoms with Gasteiger partial charge in [0.25, 0.3) is 0 Å². The number of benzene rings is 1. The molecule has 4 atom stereocenters. The van der Waals surface area contributed by atoms with Crippen molar-refractivity contribution in [1.82, 2.24) is 0 Å². The highest BCUT2D eigenvalue weighted by Gasteiger charge is 2.34. The first-order valence-electron chi connectivity index (χ1n) is 11.0. The Labute approximate surface area is 208 Å². The highest BCUT2D eigenvalue weighted by atomic mass is 35.5. The van der Waals surface area contributed by atoms with Gasteiger partial charge in [0.1, 0.15) is 17.6 Å². The minimum absolute atomic E-state index is 0.204. The fraction of sp³-hybridized carbons (Fsp3) is 0.542. The number of esters is 1. The van der Waals surface area contributed by atoms with Gasteiger partial charge in [-0.05, 0) is 92.7 Å². The maximum atomic E-state index is 12.0. The van der Waals surface area contributed by atoms with Gasteiger partial charge in [-0.25, -0.2) is 4.79 Å². The van der Waals surface area contributed by atoms with Crippen LogP contribution in [-0.4, -0.2) is 40.9 Å². The zero-order valence-corrected chi connectivity index (χ0v) is 20.9. The molecule has 1 fully saturated rings. The Bertz CT molecular complexity index is 868. The van der Waals surface area contributed by atoms with E-state index in [1.165, 1.54) is 16.9 Å². The number of ether oxygens (including phenoxy) is 1. The fourth-order valence-electron chi connectivity index (χ4n) is 4.41. The van der Waals surface area contributed by atoms with Crippen molar-refractivity contribution in [2.45, 2.75) is 56.4 Å². The van der Waals surface area contributed by atoms with E-state index < -0.39 is 18.7 Å². The Hall–Kier alpha value is -0.820. The predicted molar refractivity (Wildman–Crippen MR) is 131 cm³/mol. The van der Waals surface area contributed by atoms with Crippen LogP contribution in [-0.2, 0) is 17.6 Å². The van der Waals surface area contributed by atoms with E-state index in [1.54, 1.807) is 12.1 Å². The number of alkyl halides is 1. The molecule has 0 unspecified atom stereocenters. The van der Waals surface area contributed by atoms with Crippen molar-refractivity contribution in [3.8, 4) is 0 Å². The average molecular weight is 520 g/mol. The number of hydrogen-bond donors (Lipinski definition) is 2. The zero-order chi connectivity index (χ0) is 23.1. The van der Waals surface area contributed by atoms with Gasteiger partial charge in [0, 0.05) is 20.3 Å². The molecular formula is C24H29Cl3O4S. The van der Waals surface area contributed by atoms with Gasteiger partial charge in [-0.3, -0.25) is 0 Å². The second-order valence-corrected chi connectivity index (χ2v) is 11.0. The van der Waals surface area contributed by atoms with E-state index in [0.29, 0.717) is 26.8 Å². The molecule has 0 radical (unpaired) electrons. The van der Waals surface area contributed by atoms with Crippen LogP contribution in [0.25, 0.3) is 0 Å². The predicted octanol–water partition coefficient (Wildman–Crippen LogP) is 6.15. The van der Waals surface area contributed by atoms with E-state index in [0.717, 1.165) is 49.8 Å². The first kappa shape index (κ1) is 25.8. The van der Waals surface area contributed by atoms with E-state index in [9.17, 15) is 9.90 Å². The molecular weight excluding hydrogens is 491 g/mol. The second kappa shape index (κ2) is 12.6. The van der Waals surface area contributed by atoms with Crippen molar-refractivity contribution in [2.24, 2.45) is 11.8 Å². The summed E-state index contributed by atoms with van der Waals surface area (Å²) in [6, 6.07) is 9.44. The Kier molecular flexibility index (Phi) is 10.1. The molecule has 176 valence electrons. The molecule has 32 heavy (non-hydrogen) atoms. The number of rotatable bonds is 11. The number of carbonyl (C=O) groups excluding carboxylic acids is 1. The van der Waals surface area contributed by atoms with Crippen LogP contribution in [0.5, 0.6) is 0 Å². The van der Waals surface area contributed by atoms with Gasteiger partial charge in [0.2, 0.25) is 0 Å². The molecule has 2 aromatic rings. The summed E-state index contributed by atoms with van der Waals surface area (Å²) in [7, 11) is 0. The first-order valence-corrected chi connectivity index (χ1v) is 13.0. The monoisotopic (exact) mass is 518 g/mol. The topological polar surface area (TPSA) is 66.8 Å². The molecule has 1 aromatic carbocycles. The van der Waals surface area contributed by atoms with Crippen LogP contribution in [0.3, 0.4) is 0 Å². The smallest absolute Gasteiger partial charge is 0.348 e. The van der Waals surface area contributed by atoms with Gasteiger partial charge in [0.05, 0.1) is 6.61 Å². The SMILES string of the molecule is O=C(OC[C@@H](O)CO)c1ccc(CCC[C@@H]2[C@@H](CCc3cc(Cl)cc(Cl)c3)CC[C@H]2Cl)s1. The lowest BCUT2D eigenvalue weighted by Crippen LogP contribution is -2.21. The molecule has 2 N–H and O–H groups in total. The number of hydrogen-bond acceptors (Lipinski definition) is 5. The molecule has 1 aromatic heterocycles. The normalized spacial score (nSPS) is 21.6. The maximum Gasteiger partial charge on any atom is 0.348 e. The fourth-order valence-corrected chi connectivity index (χ4v) is 6.38. The second-order valence-electron chi connectivity index (χ2n) is 8.43. The zero-order valence-electron chi connectivity index (χ0n) is 17.8. The van der Waals surface area contributed by atoms with E-state index >= 15 is 0 Å². The minimum atomic E-state index is -1.04. The van der Waals surface area contributed by atoms with E-state index in [1.807, 2.05) is 18.2 Å². The van der Waals surface area contributed by atoms with Crippen molar-refractivity contribution in [3.05, 3.63) is 55.7 Å². The molecule has 3 rings (SSSR count).